The molecule has 0 bridgehead atoms. The fourth-order valence-corrected chi connectivity index (χ4v) is 4.10. The van der Waals surface area contributed by atoms with Gasteiger partial charge in [0.1, 0.15) is 17.3 Å². The van der Waals surface area contributed by atoms with Gasteiger partial charge in [0.2, 0.25) is 11.9 Å². The Morgan fingerprint density at radius 3 is 2.62 bits per heavy atom. The van der Waals surface area contributed by atoms with Crippen LogP contribution in [0.15, 0.2) is 54.6 Å². The van der Waals surface area contributed by atoms with Crippen LogP contribution in [-0.2, 0) is 6.54 Å². The molecular weight excluding hydrogens is 432 g/mol. The summed E-state index contributed by atoms with van der Waals surface area (Å²) >= 11 is 0. The molecule has 10 heteroatoms. The Balaban J connectivity index is 1.22. The van der Waals surface area contributed by atoms with E-state index in [0.29, 0.717) is 55.9 Å². The number of amides is 1. The molecule has 1 aliphatic heterocycles. The highest BCUT2D eigenvalue weighted by Crippen LogP contribution is 2.25. The van der Waals surface area contributed by atoms with Gasteiger partial charge in [-0.25, -0.2) is 0 Å². The molecule has 4 aromatic rings. The lowest BCUT2D eigenvalue weighted by atomic mass is 10.2. The summed E-state index contributed by atoms with van der Waals surface area (Å²) < 4.78 is 5.37. The lowest BCUT2D eigenvalue weighted by Crippen LogP contribution is -2.48. The topological polar surface area (TPSA) is 125 Å². The molecule has 10 nitrogen and oxygen atoms in total. The lowest BCUT2D eigenvalue weighted by Gasteiger charge is -2.34. The lowest BCUT2D eigenvalue weighted by molar-refractivity contribution is 0.0620. The molecule has 2 aromatic heterocycles. The van der Waals surface area contributed by atoms with Crippen molar-refractivity contribution >= 4 is 34.4 Å². The summed E-state index contributed by atoms with van der Waals surface area (Å²) in [5.41, 5.74) is 8.26. The second-order valence-corrected chi connectivity index (χ2v) is 8.10. The number of fused-ring (bicyclic) bond motifs is 1. The highest BCUT2D eigenvalue weighted by molar-refractivity contribution is 5.98. The number of hydrogen-bond donors (Lipinski definition) is 3. The fraction of sp³-hybridized carbons (Fsp3) is 0.250. The van der Waals surface area contributed by atoms with Crippen molar-refractivity contribution in [3.05, 3.63) is 66.1 Å². The SMILES string of the molecule is COc1ccccc1Nc1nc(N)nc(CN2CCN(C(=O)c3cc4ccccc4[nH]3)CC2)n1. The number of carbonyl (C=O) groups excluding carboxylic acids is 1. The first-order chi connectivity index (χ1) is 16.6. The molecular formula is C24H26N8O2. The number of benzene rings is 2. The third-order valence-corrected chi connectivity index (χ3v) is 5.84. The summed E-state index contributed by atoms with van der Waals surface area (Å²) in [5, 5.41) is 4.19. The van der Waals surface area contributed by atoms with E-state index in [2.05, 4.69) is 30.2 Å². The molecule has 1 saturated heterocycles. The second-order valence-electron chi connectivity index (χ2n) is 8.10. The number of rotatable bonds is 6. The first-order valence-corrected chi connectivity index (χ1v) is 11.1. The summed E-state index contributed by atoms with van der Waals surface area (Å²) in [6.45, 7) is 3.20. The molecule has 5 rings (SSSR count). The van der Waals surface area contributed by atoms with Crippen molar-refractivity contribution in [2.75, 3.05) is 44.3 Å². The molecule has 174 valence electrons. The molecule has 34 heavy (non-hydrogen) atoms. The molecule has 1 amide bonds. The Kier molecular flexibility index (Phi) is 5.96. The summed E-state index contributed by atoms with van der Waals surface area (Å²) in [4.78, 5) is 33.3. The third kappa shape index (κ3) is 4.62. The molecule has 0 radical (unpaired) electrons. The van der Waals surface area contributed by atoms with Gasteiger partial charge in [-0.05, 0) is 24.3 Å². The monoisotopic (exact) mass is 458 g/mol. The molecule has 1 aliphatic rings. The van der Waals surface area contributed by atoms with Crippen LogP contribution >= 0.6 is 0 Å². The average Bonchev–Trinajstić information content (AvgIpc) is 3.28. The molecule has 2 aromatic carbocycles. The van der Waals surface area contributed by atoms with E-state index in [1.54, 1.807) is 7.11 Å². The number of nitrogens with zero attached hydrogens (tertiary/aromatic N) is 5. The minimum atomic E-state index is 0.0172. The summed E-state index contributed by atoms with van der Waals surface area (Å²) in [5.74, 6) is 1.78. The Bertz CT molecular complexity index is 1280. The van der Waals surface area contributed by atoms with Crippen molar-refractivity contribution in [2.24, 2.45) is 0 Å². The van der Waals surface area contributed by atoms with Crippen LogP contribution in [0.4, 0.5) is 17.6 Å². The van der Waals surface area contributed by atoms with Crippen LogP contribution in [0, 0.1) is 0 Å². The van der Waals surface area contributed by atoms with Crippen LogP contribution in [0.5, 0.6) is 5.75 Å². The smallest absolute Gasteiger partial charge is 0.270 e. The standard InChI is InChI=1S/C24H26N8O2/c1-34-20-9-5-4-8-18(20)27-24-29-21(28-23(25)30-24)15-31-10-12-32(13-11-31)22(33)19-14-16-6-2-3-7-17(16)26-19/h2-9,14,26H,10-13,15H2,1H3,(H3,25,27,28,29,30). The van der Waals surface area contributed by atoms with Gasteiger partial charge in [-0.2, -0.15) is 15.0 Å². The van der Waals surface area contributed by atoms with Gasteiger partial charge >= 0.3 is 0 Å². The number of nitrogen functional groups attached to an aromatic ring is 1. The second kappa shape index (κ2) is 9.36. The van der Waals surface area contributed by atoms with E-state index in [0.717, 1.165) is 16.6 Å². The predicted molar refractivity (Wildman–Crippen MR) is 130 cm³/mol. The number of anilines is 3. The normalized spacial score (nSPS) is 14.3. The van der Waals surface area contributed by atoms with E-state index in [4.69, 9.17) is 10.5 Å². The first kappa shape index (κ1) is 21.7. The maximum absolute atomic E-state index is 13.0. The van der Waals surface area contributed by atoms with Gasteiger partial charge in [0.15, 0.2) is 0 Å². The van der Waals surface area contributed by atoms with E-state index < -0.39 is 0 Å². The fourth-order valence-electron chi connectivity index (χ4n) is 4.10. The minimum Gasteiger partial charge on any atom is -0.495 e. The van der Waals surface area contributed by atoms with Crippen molar-refractivity contribution in [1.29, 1.82) is 0 Å². The number of nitrogens with two attached hydrogens (primary N) is 1. The minimum absolute atomic E-state index is 0.0172. The van der Waals surface area contributed by atoms with Crippen molar-refractivity contribution < 1.29 is 9.53 Å². The van der Waals surface area contributed by atoms with E-state index in [1.165, 1.54) is 0 Å². The highest BCUT2D eigenvalue weighted by Gasteiger charge is 2.24. The maximum Gasteiger partial charge on any atom is 0.270 e. The molecule has 3 heterocycles. The van der Waals surface area contributed by atoms with Gasteiger partial charge in [0, 0.05) is 37.1 Å². The van der Waals surface area contributed by atoms with Crippen molar-refractivity contribution in [3.8, 4) is 5.75 Å². The van der Waals surface area contributed by atoms with Crippen molar-refractivity contribution in [1.82, 2.24) is 29.7 Å². The largest absolute Gasteiger partial charge is 0.495 e. The van der Waals surface area contributed by atoms with E-state index in [1.807, 2.05) is 59.5 Å². The molecule has 0 spiro atoms. The number of para-hydroxylation sites is 3. The maximum atomic E-state index is 13.0. The number of aromatic nitrogens is 4. The predicted octanol–water partition coefficient (Wildman–Crippen LogP) is 2.65. The quantitative estimate of drug-likeness (QED) is 0.403. The summed E-state index contributed by atoms with van der Waals surface area (Å²) in [7, 11) is 1.61. The van der Waals surface area contributed by atoms with Gasteiger partial charge in [0.05, 0.1) is 19.3 Å². The van der Waals surface area contributed by atoms with Crippen LogP contribution in [0.3, 0.4) is 0 Å². The number of nitrogens with one attached hydrogen (secondary N) is 2. The Hall–Kier alpha value is -4.18. The Labute approximate surface area is 196 Å². The van der Waals surface area contributed by atoms with Crippen LogP contribution in [0.25, 0.3) is 10.9 Å². The summed E-state index contributed by atoms with van der Waals surface area (Å²) in [6.07, 6.45) is 0. The van der Waals surface area contributed by atoms with E-state index in [-0.39, 0.29) is 11.9 Å². The number of methoxy groups -OCH3 is 1. The van der Waals surface area contributed by atoms with Gasteiger partial charge in [0.25, 0.3) is 5.91 Å². The van der Waals surface area contributed by atoms with Crippen molar-refractivity contribution in [2.45, 2.75) is 6.54 Å². The number of aromatic amines is 1. The Morgan fingerprint density at radius 1 is 1.06 bits per heavy atom. The van der Waals surface area contributed by atoms with Gasteiger partial charge in [-0.1, -0.05) is 30.3 Å². The Morgan fingerprint density at radius 2 is 1.82 bits per heavy atom. The molecule has 1 fully saturated rings. The zero-order valence-electron chi connectivity index (χ0n) is 18.9. The van der Waals surface area contributed by atoms with Gasteiger partial charge in [-0.3, -0.25) is 9.69 Å². The highest BCUT2D eigenvalue weighted by atomic mass is 16.5. The zero-order chi connectivity index (χ0) is 23.5. The van der Waals surface area contributed by atoms with Crippen molar-refractivity contribution in [3.63, 3.8) is 0 Å². The molecule has 0 atom stereocenters. The number of H-pyrrole nitrogens is 1. The number of hydrogen-bond acceptors (Lipinski definition) is 8. The van der Waals surface area contributed by atoms with E-state index >= 15 is 0 Å². The van der Waals surface area contributed by atoms with Gasteiger partial charge < -0.3 is 25.7 Å². The van der Waals surface area contributed by atoms with E-state index in [9.17, 15) is 4.79 Å². The molecule has 0 aliphatic carbocycles. The molecule has 0 unspecified atom stereocenters. The van der Waals surface area contributed by atoms with Crippen LogP contribution in [0.1, 0.15) is 16.3 Å². The summed E-state index contributed by atoms with van der Waals surface area (Å²) in [6, 6.07) is 17.3. The number of piperazine rings is 1. The molecule has 0 saturated carbocycles. The average molecular weight is 459 g/mol. The van der Waals surface area contributed by atoms with Crippen LogP contribution in [-0.4, -0.2) is 68.9 Å². The number of carbonyl (C=O) groups is 1. The van der Waals surface area contributed by atoms with Crippen LogP contribution < -0.4 is 15.8 Å². The first-order valence-electron chi connectivity index (χ1n) is 11.1. The zero-order valence-corrected chi connectivity index (χ0v) is 18.9. The molecule has 4 N–H and O–H groups in total. The van der Waals surface area contributed by atoms with Gasteiger partial charge in [-0.15, -0.1) is 0 Å². The third-order valence-electron chi connectivity index (χ3n) is 5.84. The number of ether oxygens (including phenoxy) is 1. The van der Waals surface area contributed by atoms with Crippen LogP contribution in [0.2, 0.25) is 0 Å².